The molecule has 0 saturated carbocycles. The molecule has 0 spiro atoms. The minimum atomic E-state index is -0.522. The molecule has 2 heterocycles. The molecule has 110 valence electrons. The van der Waals surface area contributed by atoms with Gasteiger partial charge in [-0.15, -0.1) is 0 Å². The Morgan fingerprint density at radius 3 is 2.50 bits per heavy atom. The molecule has 3 nitrogen and oxygen atoms in total. The van der Waals surface area contributed by atoms with Crippen LogP contribution in [0.1, 0.15) is 12.8 Å². The van der Waals surface area contributed by atoms with Gasteiger partial charge in [-0.2, -0.15) is 0 Å². The smallest absolute Gasteiger partial charge is 0.128 e. The average molecular weight is 282 g/mol. The van der Waals surface area contributed by atoms with E-state index in [0.29, 0.717) is 17.6 Å². The highest BCUT2D eigenvalue weighted by Gasteiger charge is 2.32. The molecular weight excluding hydrogens is 262 g/mol. The van der Waals surface area contributed by atoms with Gasteiger partial charge in [0.25, 0.3) is 0 Å². The Kier molecular flexibility index (Phi) is 3.89. The van der Waals surface area contributed by atoms with Gasteiger partial charge in [-0.05, 0) is 30.9 Å². The maximum absolute atomic E-state index is 13.3. The number of aliphatic hydroxyl groups is 1. The average Bonchev–Trinajstić information content (AvgIpc) is 2.45. The second-order valence-corrected chi connectivity index (χ2v) is 5.85. The summed E-state index contributed by atoms with van der Waals surface area (Å²) in [6.07, 6.45) is 2.07. The van der Waals surface area contributed by atoms with Crippen molar-refractivity contribution in [1.82, 2.24) is 4.90 Å². The lowest BCUT2D eigenvalue weighted by atomic mass is 9.91. The van der Waals surface area contributed by atoms with Gasteiger partial charge < -0.3 is 10.0 Å². The highest BCUT2D eigenvalue weighted by Crippen LogP contribution is 2.28. The fourth-order valence-electron chi connectivity index (χ4n) is 3.36. The second-order valence-electron chi connectivity index (χ2n) is 5.85. The number of anilines is 1. The molecule has 2 aliphatic heterocycles. The van der Waals surface area contributed by atoms with Gasteiger partial charge in [0.2, 0.25) is 0 Å². The van der Waals surface area contributed by atoms with Crippen LogP contribution in [0.25, 0.3) is 0 Å². The van der Waals surface area contributed by atoms with Gasteiger partial charge in [0.1, 0.15) is 11.6 Å². The van der Waals surface area contributed by atoms with Crippen molar-refractivity contribution in [2.24, 2.45) is 5.92 Å². The number of nitrogens with zero attached hydrogens (tertiary/aromatic N) is 2. The zero-order chi connectivity index (χ0) is 14.1. The summed E-state index contributed by atoms with van der Waals surface area (Å²) >= 11 is 0. The minimum Gasteiger partial charge on any atom is -0.396 e. The predicted molar refractivity (Wildman–Crippen MR) is 73.7 cm³/mol. The number of hydrogen-bond acceptors (Lipinski definition) is 3. The van der Waals surface area contributed by atoms with Crippen molar-refractivity contribution >= 4 is 5.69 Å². The first kappa shape index (κ1) is 13.8. The van der Waals surface area contributed by atoms with Crippen LogP contribution < -0.4 is 4.90 Å². The molecule has 0 aromatic heterocycles. The Balaban J connectivity index is 1.70. The second kappa shape index (κ2) is 5.66. The van der Waals surface area contributed by atoms with Gasteiger partial charge in [0.15, 0.2) is 0 Å². The van der Waals surface area contributed by atoms with E-state index >= 15 is 0 Å². The van der Waals surface area contributed by atoms with Crippen molar-refractivity contribution in [3.8, 4) is 0 Å². The van der Waals surface area contributed by atoms with E-state index in [9.17, 15) is 13.9 Å². The number of piperazine rings is 1. The van der Waals surface area contributed by atoms with Gasteiger partial charge in [-0.25, -0.2) is 8.78 Å². The highest BCUT2D eigenvalue weighted by molar-refractivity contribution is 5.47. The number of rotatable bonds is 2. The SMILES string of the molecule is OC[C@H]1CC[C@H]2CN(c3cc(F)cc(F)c3)CCN2C1. The molecule has 20 heavy (non-hydrogen) atoms. The van der Waals surface area contributed by atoms with E-state index in [4.69, 9.17) is 0 Å². The van der Waals surface area contributed by atoms with E-state index in [2.05, 4.69) is 9.80 Å². The molecule has 5 heteroatoms. The molecule has 0 amide bonds. The van der Waals surface area contributed by atoms with Gasteiger partial charge in [0, 0.05) is 50.6 Å². The number of hydrogen-bond donors (Lipinski definition) is 1. The summed E-state index contributed by atoms with van der Waals surface area (Å²) in [4.78, 5) is 4.46. The van der Waals surface area contributed by atoms with Crippen molar-refractivity contribution in [3.63, 3.8) is 0 Å². The van der Waals surface area contributed by atoms with E-state index in [0.717, 1.165) is 45.1 Å². The molecule has 0 radical (unpaired) electrons. The van der Waals surface area contributed by atoms with Gasteiger partial charge >= 0.3 is 0 Å². The molecule has 1 N–H and O–H groups in total. The number of halogens is 2. The molecule has 0 bridgehead atoms. The van der Waals surface area contributed by atoms with Crippen LogP contribution in [0.3, 0.4) is 0 Å². The Labute approximate surface area is 117 Å². The number of fused-ring (bicyclic) bond motifs is 1. The Bertz CT molecular complexity index is 463. The van der Waals surface area contributed by atoms with E-state index in [1.165, 1.54) is 12.1 Å². The fraction of sp³-hybridized carbons (Fsp3) is 0.600. The van der Waals surface area contributed by atoms with Crippen LogP contribution >= 0.6 is 0 Å². The van der Waals surface area contributed by atoms with E-state index < -0.39 is 11.6 Å². The maximum atomic E-state index is 13.3. The van der Waals surface area contributed by atoms with Gasteiger partial charge in [-0.1, -0.05) is 0 Å². The predicted octanol–water partition coefficient (Wildman–Crippen LogP) is 1.86. The summed E-state index contributed by atoms with van der Waals surface area (Å²) in [6.45, 7) is 3.66. The van der Waals surface area contributed by atoms with Crippen LogP contribution in [-0.2, 0) is 0 Å². The molecule has 0 aliphatic carbocycles. The van der Waals surface area contributed by atoms with Gasteiger partial charge in [-0.3, -0.25) is 4.90 Å². The summed E-state index contributed by atoms with van der Waals surface area (Å²) in [6, 6.07) is 4.14. The van der Waals surface area contributed by atoms with Crippen LogP contribution in [0, 0.1) is 17.6 Å². The third-order valence-electron chi connectivity index (χ3n) is 4.48. The molecular formula is C15H20F2N2O. The molecule has 2 atom stereocenters. The summed E-state index contributed by atoms with van der Waals surface area (Å²) in [7, 11) is 0. The van der Waals surface area contributed by atoms with Crippen molar-refractivity contribution in [2.75, 3.05) is 37.7 Å². The maximum Gasteiger partial charge on any atom is 0.128 e. The van der Waals surface area contributed by atoms with Gasteiger partial charge in [0.05, 0.1) is 0 Å². The first-order valence-corrected chi connectivity index (χ1v) is 7.21. The summed E-state index contributed by atoms with van der Waals surface area (Å²) in [5, 5.41) is 9.25. The topological polar surface area (TPSA) is 26.7 Å². The summed E-state index contributed by atoms with van der Waals surface area (Å²) in [5.41, 5.74) is 0.631. The molecule has 3 rings (SSSR count). The Morgan fingerprint density at radius 1 is 1.05 bits per heavy atom. The molecule has 0 unspecified atom stereocenters. The number of piperidine rings is 1. The van der Waals surface area contributed by atoms with Crippen LogP contribution in [0.4, 0.5) is 14.5 Å². The third kappa shape index (κ3) is 2.79. The third-order valence-corrected chi connectivity index (χ3v) is 4.48. The lowest BCUT2D eigenvalue weighted by Crippen LogP contribution is -2.56. The Morgan fingerprint density at radius 2 is 1.80 bits per heavy atom. The normalized spacial score (nSPS) is 27.4. The number of aliphatic hydroxyl groups excluding tert-OH is 1. The zero-order valence-corrected chi connectivity index (χ0v) is 11.4. The van der Waals surface area contributed by atoms with Crippen molar-refractivity contribution in [2.45, 2.75) is 18.9 Å². The van der Waals surface area contributed by atoms with E-state index in [1.54, 1.807) is 0 Å². The lowest BCUT2D eigenvalue weighted by Gasteiger charge is -2.46. The zero-order valence-electron chi connectivity index (χ0n) is 11.4. The number of benzene rings is 1. The molecule has 2 fully saturated rings. The lowest BCUT2D eigenvalue weighted by molar-refractivity contribution is 0.0674. The minimum absolute atomic E-state index is 0.252. The van der Waals surface area contributed by atoms with Crippen molar-refractivity contribution in [3.05, 3.63) is 29.8 Å². The first-order valence-electron chi connectivity index (χ1n) is 7.21. The monoisotopic (exact) mass is 282 g/mol. The van der Waals surface area contributed by atoms with Crippen LogP contribution in [0.15, 0.2) is 18.2 Å². The Hall–Kier alpha value is -1.20. The van der Waals surface area contributed by atoms with Crippen LogP contribution in [0.5, 0.6) is 0 Å². The summed E-state index contributed by atoms with van der Waals surface area (Å²) < 4.78 is 26.6. The standard InChI is InChI=1S/C15H20F2N2O/c16-12-5-13(17)7-15(6-12)19-4-3-18-8-11(10-20)1-2-14(18)9-19/h5-7,11,14,20H,1-4,8-10H2/t11-,14-/m0/s1. The van der Waals surface area contributed by atoms with Crippen LogP contribution in [0.2, 0.25) is 0 Å². The van der Waals surface area contributed by atoms with E-state index in [1.807, 2.05) is 0 Å². The van der Waals surface area contributed by atoms with Crippen molar-refractivity contribution < 1.29 is 13.9 Å². The molecule has 1 aromatic carbocycles. The summed E-state index contributed by atoms with van der Waals surface area (Å²) in [5.74, 6) is -0.665. The first-order chi connectivity index (χ1) is 9.65. The largest absolute Gasteiger partial charge is 0.396 e. The van der Waals surface area contributed by atoms with Crippen LogP contribution in [-0.4, -0.2) is 48.8 Å². The fourth-order valence-corrected chi connectivity index (χ4v) is 3.36. The quantitative estimate of drug-likeness (QED) is 0.897. The molecule has 1 aromatic rings. The van der Waals surface area contributed by atoms with Crippen molar-refractivity contribution in [1.29, 1.82) is 0 Å². The highest BCUT2D eigenvalue weighted by atomic mass is 19.1. The molecule has 2 saturated heterocycles. The molecule has 2 aliphatic rings. The van der Waals surface area contributed by atoms with E-state index in [-0.39, 0.29) is 6.61 Å².